The number of anilines is 1. The zero-order valence-electron chi connectivity index (χ0n) is 18.1. The highest BCUT2D eigenvalue weighted by Gasteiger charge is 2.32. The second-order valence-corrected chi connectivity index (χ2v) is 8.92. The number of fused-ring (bicyclic) bond motifs is 1. The van der Waals surface area contributed by atoms with Crippen LogP contribution in [0.3, 0.4) is 0 Å². The normalized spacial score (nSPS) is 15.4. The van der Waals surface area contributed by atoms with Crippen LogP contribution in [0.25, 0.3) is 0 Å². The van der Waals surface area contributed by atoms with Crippen LogP contribution in [-0.4, -0.2) is 21.6 Å². The molecule has 0 unspecified atom stereocenters. The zero-order valence-corrected chi connectivity index (χ0v) is 18.9. The molecule has 1 aliphatic heterocycles. The van der Waals surface area contributed by atoms with E-state index in [-0.39, 0.29) is 35.7 Å². The van der Waals surface area contributed by atoms with Crippen molar-refractivity contribution >= 4 is 23.5 Å². The van der Waals surface area contributed by atoms with Gasteiger partial charge in [0.25, 0.3) is 5.56 Å². The van der Waals surface area contributed by atoms with Gasteiger partial charge in [-0.1, -0.05) is 36.0 Å². The van der Waals surface area contributed by atoms with Crippen LogP contribution in [0.1, 0.15) is 42.9 Å². The minimum Gasteiger partial charge on any atom is -0.491 e. The van der Waals surface area contributed by atoms with Crippen LogP contribution in [0.4, 0.5) is 10.2 Å². The second kappa shape index (κ2) is 9.16. The van der Waals surface area contributed by atoms with Gasteiger partial charge < -0.3 is 14.6 Å². The number of amides is 1. The Morgan fingerprint density at radius 2 is 1.84 bits per heavy atom. The highest BCUT2D eigenvalue weighted by molar-refractivity contribution is 7.98. The molecular formula is C24H24FN3O3S. The Hall–Kier alpha value is -3.13. The predicted octanol–water partition coefficient (Wildman–Crippen LogP) is 4.47. The number of nitrogens with one attached hydrogen (secondary N) is 1. The van der Waals surface area contributed by atoms with Crippen LogP contribution in [0, 0.1) is 5.82 Å². The molecule has 32 heavy (non-hydrogen) atoms. The molecule has 1 atom stereocenters. The number of thioether (sulfide) groups is 1. The minimum atomic E-state index is -0.380. The lowest BCUT2D eigenvalue weighted by molar-refractivity contribution is -0.116. The maximum atomic E-state index is 13.1. The summed E-state index contributed by atoms with van der Waals surface area (Å²) in [6.45, 7) is 3.91. The van der Waals surface area contributed by atoms with E-state index in [0.717, 1.165) is 16.9 Å². The summed E-state index contributed by atoms with van der Waals surface area (Å²) in [5.74, 6) is 0.900. The Bertz CT molecular complexity index is 1190. The van der Waals surface area contributed by atoms with E-state index < -0.39 is 0 Å². The Balaban J connectivity index is 1.65. The van der Waals surface area contributed by atoms with Crippen molar-refractivity contribution < 1.29 is 13.9 Å². The zero-order chi connectivity index (χ0) is 22.8. The number of carbonyl (C=O) groups is 1. The van der Waals surface area contributed by atoms with Crippen LogP contribution >= 0.6 is 11.8 Å². The van der Waals surface area contributed by atoms with Gasteiger partial charge >= 0.3 is 0 Å². The third-order valence-corrected chi connectivity index (χ3v) is 6.34. The summed E-state index contributed by atoms with van der Waals surface area (Å²) in [7, 11) is 1.78. The van der Waals surface area contributed by atoms with Crippen molar-refractivity contribution in [3.63, 3.8) is 0 Å². The van der Waals surface area contributed by atoms with Gasteiger partial charge in [-0.25, -0.2) is 4.39 Å². The number of halogens is 1. The summed E-state index contributed by atoms with van der Waals surface area (Å²) in [5, 5.41) is 3.33. The van der Waals surface area contributed by atoms with Gasteiger partial charge in [0.1, 0.15) is 17.4 Å². The van der Waals surface area contributed by atoms with Gasteiger partial charge in [0.05, 0.1) is 11.7 Å². The molecule has 6 nitrogen and oxygen atoms in total. The lowest BCUT2D eigenvalue weighted by Gasteiger charge is -2.27. The molecule has 0 saturated heterocycles. The number of benzene rings is 2. The molecular weight excluding hydrogens is 429 g/mol. The van der Waals surface area contributed by atoms with E-state index >= 15 is 0 Å². The summed E-state index contributed by atoms with van der Waals surface area (Å²) >= 11 is 1.36. The van der Waals surface area contributed by atoms with Crippen LogP contribution in [0.5, 0.6) is 5.75 Å². The number of hydrogen-bond acceptors (Lipinski definition) is 5. The molecule has 0 fully saturated rings. The first-order valence-corrected chi connectivity index (χ1v) is 11.3. The molecule has 2 heterocycles. The number of ether oxygens (including phenoxy) is 1. The lowest BCUT2D eigenvalue weighted by Crippen LogP contribution is -2.33. The largest absolute Gasteiger partial charge is 0.491 e. The molecule has 4 rings (SSSR count). The summed E-state index contributed by atoms with van der Waals surface area (Å²) in [6, 6.07) is 13.7. The quantitative estimate of drug-likeness (QED) is 0.440. The molecule has 1 aromatic heterocycles. The van der Waals surface area contributed by atoms with Crippen molar-refractivity contribution in [2.75, 3.05) is 5.32 Å². The van der Waals surface area contributed by atoms with Crippen molar-refractivity contribution in [1.29, 1.82) is 0 Å². The van der Waals surface area contributed by atoms with Gasteiger partial charge in [-0.3, -0.25) is 9.59 Å². The number of nitrogens with zero attached hydrogens (tertiary/aromatic N) is 2. The van der Waals surface area contributed by atoms with Gasteiger partial charge in [0.2, 0.25) is 5.91 Å². The SMILES string of the molecule is CC(C)Oc1ccc([C@@H]2CC(=O)Nc3c2c(=O)nc(SCc2ccc(F)cc2)n3C)cc1. The Morgan fingerprint density at radius 1 is 1.16 bits per heavy atom. The average Bonchev–Trinajstić information content (AvgIpc) is 2.76. The highest BCUT2D eigenvalue weighted by Crippen LogP contribution is 2.36. The third kappa shape index (κ3) is 4.70. The van der Waals surface area contributed by atoms with E-state index in [9.17, 15) is 14.0 Å². The summed E-state index contributed by atoms with van der Waals surface area (Å²) < 4.78 is 20.6. The number of aromatic nitrogens is 2. The molecule has 0 bridgehead atoms. The van der Waals surface area contributed by atoms with Crippen LogP contribution in [0.15, 0.2) is 58.5 Å². The molecule has 8 heteroatoms. The van der Waals surface area contributed by atoms with E-state index in [1.807, 2.05) is 38.1 Å². The second-order valence-electron chi connectivity index (χ2n) is 7.98. The van der Waals surface area contributed by atoms with E-state index in [4.69, 9.17) is 4.74 Å². The standard InChI is InChI=1S/C24H24FN3O3S/c1-14(2)31-18-10-6-16(7-11-18)19-12-20(29)26-22-21(19)23(30)27-24(28(22)3)32-13-15-4-8-17(25)9-5-15/h4-11,14,19H,12-13H2,1-3H3,(H,26,29)/t19-/m0/s1. The van der Waals surface area contributed by atoms with Crippen LogP contribution in [0.2, 0.25) is 0 Å². The van der Waals surface area contributed by atoms with Crippen LogP contribution in [-0.2, 0) is 17.6 Å². The first-order chi connectivity index (χ1) is 15.3. The first-order valence-electron chi connectivity index (χ1n) is 10.4. The lowest BCUT2D eigenvalue weighted by atomic mass is 9.87. The number of rotatable bonds is 6. The average molecular weight is 454 g/mol. The van der Waals surface area contributed by atoms with E-state index in [2.05, 4.69) is 10.3 Å². The molecule has 0 spiro atoms. The van der Waals surface area contributed by atoms with Crippen molar-refractivity contribution in [2.45, 2.75) is 43.2 Å². The van der Waals surface area contributed by atoms with Crippen LogP contribution < -0.4 is 15.6 Å². The number of carbonyl (C=O) groups excluding carboxylic acids is 1. The molecule has 1 amide bonds. The molecule has 3 aromatic rings. The van der Waals surface area contributed by atoms with Gasteiger partial charge in [-0.2, -0.15) is 4.98 Å². The van der Waals surface area contributed by atoms with Crippen molar-refractivity contribution in [1.82, 2.24) is 9.55 Å². The Morgan fingerprint density at radius 3 is 2.50 bits per heavy atom. The van der Waals surface area contributed by atoms with Crippen molar-refractivity contribution in [2.24, 2.45) is 7.05 Å². The minimum absolute atomic E-state index is 0.0596. The highest BCUT2D eigenvalue weighted by atomic mass is 32.2. The Labute approximate surface area is 189 Å². The van der Waals surface area contributed by atoms with E-state index in [1.165, 1.54) is 23.9 Å². The molecule has 0 saturated carbocycles. The molecule has 1 N–H and O–H groups in total. The fourth-order valence-corrected chi connectivity index (χ4v) is 4.65. The predicted molar refractivity (Wildman–Crippen MR) is 123 cm³/mol. The fourth-order valence-electron chi connectivity index (χ4n) is 3.73. The van der Waals surface area contributed by atoms with E-state index in [0.29, 0.717) is 22.3 Å². The third-order valence-electron chi connectivity index (χ3n) is 5.24. The monoisotopic (exact) mass is 453 g/mol. The summed E-state index contributed by atoms with van der Waals surface area (Å²) in [5.41, 5.74) is 1.90. The van der Waals surface area contributed by atoms with Gasteiger partial charge in [-0.15, -0.1) is 0 Å². The molecule has 1 aliphatic rings. The first kappa shape index (κ1) is 22.1. The molecule has 0 radical (unpaired) electrons. The molecule has 2 aromatic carbocycles. The maximum Gasteiger partial charge on any atom is 0.279 e. The topological polar surface area (TPSA) is 73.2 Å². The summed E-state index contributed by atoms with van der Waals surface area (Å²) in [6.07, 6.45) is 0.237. The van der Waals surface area contributed by atoms with Gasteiger partial charge in [0, 0.05) is 25.1 Å². The Kier molecular flexibility index (Phi) is 6.32. The smallest absolute Gasteiger partial charge is 0.279 e. The van der Waals surface area contributed by atoms with E-state index in [1.54, 1.807) is 23.7 Å². The molecule has 166 valence electrons. The maximum absolute atomic E-state index is 13.1. The van der Waals surface area contributed by atoms with Gasteiger partial charge in [0.15, 0.2) is 5.16 Å². The van der Waals surface area contributed by atoms with Crippen molar-refractivity contribution in [3.05, 3.63) is 81.4 Å². The number of hydrogen-bond donors (Lipinski definition) is 1. The summed E-state index contributed by atoms with van der Waals surface area (Å²) in [4.78, 5) is 29.8. The van der Waals surface area contributed by atoms with Gasteiger partial charge in [-0.05, 0) is 49.2 Å². The molecule has 0 aliphatic carbocycles. The van der Waals surface area contributed by atoms with Crippen molar-refractivity contribution in [3.8, 4) is 5.75 Å². The fraction of sp³-hybridized carbons (Fsp3) is 0.292.